The second-order valence-electron chi connectivity index (χ2n) is 6.64. The van der Waals surface area contributed by atoms with E-state index in [0.717, 1.165) is 11.1 Å². The summed E-state index contributed by atoms with van der Waals surface area (Å²) in [6, 6.07) is 19.7. The molecule has 4 rings (SSSR count). The summed E-state index contributed by atoms with van der Waals surface area (Å²) >= 11 is 1.29. The molecule has 0 aliphatic carbocycles. The number of nitrogens with zero attached hydrogens (tertiary/aromatic N) is 3. The molecule has 0 spiro atoms. The molecule has 0 atom stereocenters. The van der Waals surface area contributed by atoms with E-state index >= 15 is 0 Å². The molecule has 28 heavy (non-hydrogen) atoms. The van der Waals surface area contributed by atoms with E-state index in [-0.39, 0.29) is 18.4 Å². The third-order valence-corrected chi connectivity index (χ3v) is 5.54. The first kappa shape index (κ1) is 18.2. The molecule has 0 radical (unpaired) electrons. The molecule has 2 heterocycles. The number of hydrogen-bond acceptors (Lipinski definition) is 5. The van der Waals surface area contributed by atoms with E-state index in [1.54, 1.807) is 11.9 Å². The SMILES string of the molecule is CN1CC(=O)N(Cc2ccccc2)c2nc(NCc3ccccc3)sc2C1=O. The molecule has 1 aromatic heterocycles. The van der Waals surface area contributed by atoms with Crippen molar-refractivity contribution in [3.63, 3.8) is 0 Å². The minimum atomic E-state index is -0.177. The standard InChI is InChI=1S/C21H20N4O2S/c1-24-14-17(26)25(13-16-10-6-3-7-11-16)19-18(20(24)27)28-21(23-19)22-12-15-8-4-2-5-9-15/h2-11H,12-14H2,1H3,(H,22,23). The van der Waals surface area contributed by atoms with Crippen LogP contribution in [0.2, 0.25) is 0 Å². The molecular weight excluding hydrogens is 372 g/mol. The molecule has 142 valence electrons. The van der Waals surface area contributed by atoms with Crippen LogP contribution in [0, 0.1) is 0 Å². The monoisotopic (exact) mass is 392 g/mol. The van der Waals surface area contributed by atoms with Crippen LogP contribution in [-0.2, 0) is 17.9 Å². The fourth-order valence-corrected chi connectivity index (χ4v) is 4.02. The number of carbonyl (C=O) groups is 2. The first-order valence-corrected chi connectivity index (χ1v) is 9.82. The van der Waals surface area contributed by atoms with Crippen LogP contribution in [-0.4, -0.2) is 35.3 Å². The van der Waals surface area contributed by atoms with E-state index in [0.29, 0.717) is 28.9 Å². The molecule has 1 N–H and O–H groups in total. The Morgan fingerprint density at radius 1 is 1.00 bits per heavy atom. The number of rotatable bonds is 5. The lowest BCUT2D eigenvalue weighted by molar-refractivity contribution is -0.119. The lowest BCUT2D eigenvalue weighted by Gasteiger charge is -2.20. The van der Waals surface area contributed by atoms with Crippen molar-refractivity contribution < 1.29 is 9.59 Å². The molecule has 2 aromatic carbocycles. The predicted octanol–water partition coefficient (Wildman–Crippen LogP) is 3.37. The number of anilines is 2. The van der Waals surface area contributed by atoms with Crippen molar-refractivity contribution in [3.05, 3.63) is 76.7 Å². The first-order chi connectivity index (χ1) is 13.6. The van der Waals surface area contributed by atoms with Crippen molar-refractivity contribution in [2.24, 2.45) is 0 Å². The van der Waals surface area contributed by atoms with Gasteiger partial charge in [-0.25, -0.2) is 4.98 Å². The van der Waals surface area contributed by atoms with Crippen LogP contribution in [0.1, 0.15) is 20.8 Å². The zero-order chi connectivity index (χ0) is 19.5. The van der Waals surface area contributed by atoms with Crippen molar-refractivity contribution >= 4 is 34.1 Å². The molecule has 3 aromatic rings. The van der Waals surface area contributed by atoms with Gasteiger partial charge >= 0.3 is 0 Å². The average molecular weight is 392 g/mol. The Morgan fingerprint density at radius 3 is 2.32 bits per heavy atom. The molecule has 2 amide bonds. The van der Waals surface area contributed by atoms with Crippen LogP contribution in [0.25, 0.3) is 0 Å². The first-order valence-electron chi connectivity index (χ1n) is 9.00. The third-order valence-electron chi connectivity index (χ3n) is 4.55. The van der Waals surface area contributed by atoms with Crippen LogP contribution < -0.4 is 10.2 Å². The Labute approximate surface area is 167 Å². The Hall–Kier alpha value is -3.19. The highest BCUT2D eigenvalue weighted by molar-refractivity contribution is 7.18. The number of aromatic nitrogens is 1. The number of thiazole rings is 1. The molecule has 7 heteroatoms. The molecule has 0 unspecified atom stereocenters. The zero-order valence-electron chi connectivity index (χ0n) is 15.5. The Morgan fingerprint density at radius 2 is 1.64 bits per heavy atom. The van der Waals surface area contributed by atoms with Gasteiger partial charge in [0, 0.05) is 13.6 Å². The van der Waals surface area contributed by atoms with E-state index in [9.17, 15) is 9.59 Å². The summed E-state index contributed by atoms with van der Waals surface area (Å²) in [5.41, 5.74) is 2.11. The van der Waals surface area contributed by atoms with Gasteiger partial charge in [0.25, 0.3) is 5.91 Å². The van der Waals surface area contributed by atoms with Crippen molar-refractivity contribution in [3.8, 4) is 0 Å². The summed E-state index contributed by atoms with van der Waals surface area (Å²) < 4.78 is 0. The van der Waals surface area contributed by atoms with Gasteiger partial charge in [0.15, 0.2) is 10.9 Å². The number of benzene rings is 2. The van der Waals surface area contributed by atoms with E-state index in [4.69, 9.17) is 0 Å². The smallest absolute Gasteiger partial charge is 0.268 e. The maximum absolute atomic E-state index is 12.8. The number of amides is 2. The van der Waals surface area contributed by atoms with Crippen molar-refractivity contribution in [2.75, 3.05) is 23.8 Å². The summed E-state index contributed by atoms with van der Waals surface area (Å²) in [6.45, 7) is 1.03. The van der Waals surface area contributed by atoms with E-state index in [2.05, 4.69) is 10.3 Å². The van der Waals surface area contributed by atoms with Gasteiger partial charge in [0.05, 0.1) is 6.54 Å². The lowest BCUT2D eigenvalue weighted by Crippen LogP contribution is -2.37. The van der Waals surface area contributed by atoms with Crippen molar-refractivity contribution in [2.45, 2.75) is 13.1 Å². The molecular formula is C21H20N4O2S. The van der Waals surface area contributed by atoms with Crippen LogP contribution in [0.15, 0.2) is 60.7 Å². The molecule has 6 nitrogen and oxygen atoms in total. The van der Waals surface area contributed by atoms with E-state index in [1.807, 2.05) is 60.7 Å². The van der Waals surface area contributed by atoms with Gasteiger partial charge in [-0.1, -0.05) is 72.0 Å². The second-order valence-corrected chi connectivity index (χ2v) is 7.64. The quantitative estimate of drug-likeness (QED) is 0.723. The summed E-state index contributed by atoms with van der Waals surface area (Å²) in [6.07, 6.45) is 0. The average Bonchev–Trinajstić information content (AvgIpc) is 3.12. The molecule has 1 aliphatic heterocycles. The largest absolute Gasteiger partial charge is 0.357 e. The highest BCUT2D eigenvalue weighted by Crippen LogP contribution is 2.34. The summed E-state index contributed by atoms with van der Waals surface area (Å²) in [5, 5.41) is 3.90. The van der Waals surface area contributed by atoms with Crippen LogP contribution >= 0.6 is 11.3 Å². The highest BCUT2D eigenvalue weighted by atomic mass is 32.1. The van der Waals surface area contributed by atoms with E-state index < -0.39 is 0 Å². The maximum atomic E-state index is 12.8. The van der Waals surface area contributed by atoms with Gasteiger partial charge in [-0.3, -0.25) is 14.5 Å². The Bertz CT molecular complexity index is 988. The maximum Gasteiger partial charge on any atom is 0.268 e. The highest BCUT2D eigenvalue weighted by Gasteiger charge is 2.33. The minimum absolute atomic E-state index is 0.0432. The van der Waals surface area contributed by atoms with Crippen molar-refractivity contribution in [1.29, 1.82) is 0 Å². The fourth-order valence-electron chi connectivity index (χ4n) is 3.06. The van der Waals surface area contributed by atoms with Gasteiger partial charge in [-0.05, 0) is 11.1 Å². The second kappa shape index (κ2) is 7.82. The molecule has 0 saturated heterocycles. The minimum Gasteiger partial charge on any atom is -0.357 e. The Kier molecular flexibility index (Phi) is 5.08. The number of nitrogens with one attached hydrogen (secondary N) is 1. The summed E-state index contributed by atoms with van der Waals surface area (Å²) in [5.74, 6) is 0.117. The van der Waals surface area contributed by atoms with Crippen molar-refractivity contribution in [1.82, 2.24) is 9.88 Å². The Balaban J connectivity index is 1.64. The molecule has 1 aliphatic rings. The molecule has 0 bridgehead atoms. The molecule has 0 fully saturated rings. The van der Waals surface area contributed by atoms with Crippen LogP contribution in [0.5, 0.6) is 0 Å². The van der Waals surface area contributed by atoms with Gasteiger partial charge in [0.1, 0.15) is 11.4 Å². The topological polar surface area (TPSA) is 65.5 Å². The van der Waals surface area contributed by atoms with Gasteiger partial charge in [-0.2, -0.15) is 0 Å². The fraction of sp³-hybridized carbons (Fsp3) is 0.190. The number of likely N-dealkylation sites (N-methyl/N-ethyl adjacent to an activating group) is 1. The van der Waals surface area contributed by atoms with E-state index in [1.165, 1.54) is 16.2 Å². The van der Waals surface area contributed by atoms with Gasteiger partial charge in [-0.15, -0.1) is 0 Å². The molecule has 0 saturated carbocycles. The number of carbonyl (C=O) groups excluding carboxylic acids is 2. The lowest BCUT2D eigenvalue weighted by atomic mass is 10.2. The summed E-state index contributed by atoms with van der Waals surface area (Å²) in [7, 11) is 1.65. The third kappa shape index (κ3) is 3.75. The number of fused-ring (bicyclic) bond motifs is 1. The number of hydrogen-bond donors (Lipinski definition) is 1. The normalized spacial score (nSPS) is 14.0. The van der Waals surface area contributed by atoms with Gasteiger partial charge in [0.2, 0.25) is 5.91 Å². The predicted molar refractivity (Wildman–Crippen MR) is 110 cm³/mol. The zero-order valence-corrected chi connectivity index (χ0v) is 16.3. The van der Waals surface area contributed by atoms with Crippen LogP contribution in [0.4, 0.5) is 10.9 Å². The van der Waals surface area contributed by atoms with Gasteiger partial charge < -0.3 is 10.2 Å². The van der Waals surface area contributed by atoms with Crippen LogP contribution in [0.3, 0.4) is 0 Å². The summed E-state index contributed by atoms with van der Waals surface area (Å²) in [4.78, 5) is 33.7.